The molecule has 0 bridgehead atoms. The predicted octanol–water partition coefficient (Wildman–Crippen LogP) is 3.60. The van der Waals surface area contributed by atoms with Crippen LogP contribution >= 0.6 is 0 Å². The zero-order valence-electron chi connectivity index (χ0n) is 9.21. The number of para-hydroxylation sites is 1. The van der Waals surface area contributed by atoms with Gasteiger partial charge in [-0.1, -0.05) is 31.0 Å². The van der Waals surface area contributed by atoms with Crippen molar-refractivity contribution in [2.45, 2.75) is 44.6 Å². The Hall–Kier alpha value is -0.980. The van der Waals surface area contributed by atoms with E-state index in [4.69, 9.17) is 0 Å². The van der Waals surface area contributed by atoms with Gasteiger partial charge in [0, 0.05) is 11.7 Å². The van der Waals surface area contributed by atoms with E-state index in [1.165, 1.54) is 49.8 Å². The predicted molar refractivity (Wildman–Crippen MR) is 64.1 cm³/mol. The number of rotatable bonds is 3. The van der Waals surface area contributed by atoms with Gasteiger partial charge in [0.05, 0.1) is 0 Å². The minimum absolute atomic E-state index is 0.737. The van der Waals surface area contributed by atoms with Crippen LogP contribution in [0.15, 0.2) is 24.3 Å². The molecular formula is C14H19N. The first kappa shape index (κ1) is 9.26. The fraction of sp³-hybridized carbons (Fsp3) is 0.571. The summed E-state index contributed by atoms with van der Waals surface area (Å²) in [5.41, 5.74) is 2.88. The number of benzene rings is 1. The molecule has 0 spiro atoms. The third-order valence-corrected chi connectivity index (χ3v) is 3.76. The van der Waals surface area contributed by atoms with Gasteiger partial charge in [-0.05, 0) is 43.2 Å². The summed E-state index contributed by atoms with van der Waals surface area (Å²) < 4.78 is 0. The molecule has 1 atom stereocenters. The van der Waals surface area contributed by atoms with Crippen LogP contribution in [0.25, 0.3) is 0 Å². The van der Waals surface area contributed by atoms with Gasteiger partial charge in [0.2, 0.25) is 0 Å². The minimum atomic E-state index is 0.737. The molecule has 1 N–H and O–H groups in total. The van der Waals surface area contributed by atoms with Crippen LogP contribution in [0, 0.1) is 5.92 Å². The Kier molecular flexibility index (Phi) is 2.40. The van der Waals surface area contributed by atoms with Gasteiger partial charge in [-0.25, -0.2) is 0 Å². The van der Waals surface area contributed by atoms with E-state index in [0.29, 0.717) is 0 Å². The van der Waals surface area contributed by atoms with Crippen LogP contribution in [-0.4, -0.2) is 6.04 Å². The maximum Gasteiger partial charge on any atom is 0.0374 e. The first-order chi connectivity index (χ1) is 7.42. The molecule has 0 radical (unpaired) electrons. The third-order valence-electron chi connectivity index (χ3n) is 3.76. The van der Waals surface area contributed by atoms with Crippen LogP contribution in [0.4, 0.5) is 5.69 Å². The molecule has 1 aliphatic carbocycles. The SMILES string of the molecule is c1ccc2c(c1)CCC(CCC1CC1)N2. The molecule has 1 nitrogen and oxygen atoms in total. The van der Waals surface area contributed by atoms with Crippen LogP contribution in [-0.2, 0) is 6.42 Å². The maximum absolute atomic E-state index is 3.68. The zero-order chi connectivity index (χ0) is 10.1. The fourth-order valence-corrected chi connectivity index (χ4v) is 2.56. The van der Waals surface area contributed by atoms with Crippen molar-refractivity contribution in [3.63, 3.8) is 0 Å². The van der Waals surface area contributed by atoms with Crippen LogP contribution in [0.1, 0.15) is 37.7 Å². The highest BCUT2D eigenvalue weighted by Gasteiger charge is 2.24. The van der Waals surface area contributed by atoms with Gasteiger partial charge in [-0.15, -0.1) is 0 Å². The zero-order valence-corrected chi connectivity index (χ0v) is 9.21. The molecule has 0 amide bonds. The summed E-state index contributed by atoms with van der Waals surface area (Å²) in [6, 6.07) is 9.48. The lowest BCUT2D eigenvalue weighted by molar-refractivity contribution is 0.539. The average Bonchev–Trinajstić information content (AvgIpc) is 3.10. The molecule has 1 unspecified atom stereocenters. The highest BCUT2D eigenvalue weighted by molar-refractivity contribution is 5.53. The van der Waals surface area contributed by atoms with Gasteiger partial charge < -0.3 is 5.32 Å². The molecule has 1 aliphatic heterocycles. The van der Waals surface area contributed by atoms with E-state index in [1.807, 2.05) is 0 Å². The molecule has 1 saturated carbocycles. The fourth-order valence-electron chi connectivity index (χ4n) is 2.56. The largest absolute Gasteiger partial charge is 0.382 e. The van der Waals surface area contributed by atoms with E-state index in [1.54, 1.807) is 0 Å². The van der Waals surface area contributed by atoms with Crippen LogP contribution < -0.4 is 5.32 Å². The number of hydrogen-bond acceptors (Lipinski definition) is 1. The second kappa shape index (κ2) is 3.88. The van der Waals surface area contributed by atoms with Gasteiger partial charge in [-0.3, -0.25) is 0 Å². The molecule has 3 rings (SSSR count). The first-order valence-corrected chi connectivity index (χ1v) is 6.26. The van der Waals surface area contributed by atoms with Gasteiger partial charge in [0.15, 0.2) is 0 Å². The third kappa shape index (κ3) is 2.17. The number of nitrogens with one attached hydrogen (secondary N) is 1. The Morgan fingerprint density at radius 2 is 1.93 bits per heavy atom. The van der Waals surface area contributed by atoms with Crippen LogP contribution in [0.3, 0.4) is 0 Å². The molecule has 0 aromatic heterocycles. The van der Waals surface area contributed by atoms with Crippen molar-refractivity contribution >= 4 is 5.69 Å². The van der Waals surface area contributed by atoms with E-state index in [2.05, 4.69) is 29.6 Å². The summed E-state index contributed by atoms with van der Waals surface area (Å²) in [7, 11) is 0. The lowest BCUT2D eigenvalue weighted by Crippen LogP contribution is -2.25. The molecule has 1 fully saturated rings. The summed E-state index contributed by atoms with van der Waals surface area (Å²) in [6.45, 7) is 0. The molecule has 1 heteroatoms. The van der Waals surface area contributed by atoms with E-state index in [0.717, 1.165) is 12.0 Å². The van der Waals surface area contributed by atoms with Crippen molar-refractivity contribution in [1.82, 2.24) is 0 Å². The lowest BCUT2D eigenvalue weighted by atomic mass is 9.95. The standard InChI is InChI=1S/C14H19N/c1-2-4-14-12(3-1)8-10-13(15-14)9-7-11-5-6-11/h1-4,11,13,15H,5-10H2. The minimum Gasteiger partial charge on any atom is -0.382 e. The number of aryl methyl sites for hydroxylation is 1. The summed E-state index contributed by atoms with van der Waals surface area (Å²) in [5, 5.41) is 3.68. The second-order valence-corrected chi connectivity index (χ2v) is 5.06. The average molecular weight is 201 g/mol. The normalized spacial score (nSPS) is 24.4. The van der Waals surface area contributed by atoms with E-state index < -0.39 is 0 Å². The molecule has 80 valence electrons. The Morgan fingerprint density at radius 3 is 2.80 bits per heavy atom. The van der Waals surface area contributed by atoms with Gasteiger partial charge in [-0.2, -0.15) is 0 Å². The molecule has 15 heavy (non-hydrogen) atoms. The van der Waals surface area contributed by atoms with Crippen LogP contribution in [0.2, 0.25) is 0 Å². The van der Waals surface area contributed by atoms with Crippen LogP contribution in [0.5, 0.6) is 0 Å². The quantitative estimate of drug-likeness (QED) is 0.787. The molecular weight excluding hydrogens is 182 g/mol. The van der Waals surface area contributed by atoms with Crippen molar-refractivity contribution in [3.05, 3.63) is 29.8 Å². The smallest absolute Gasteiger partial charge is 0.0374 e. The first-order valence-electron chi connectivity index (χ1n) is 6.26. The lowest BCUT2D eigenvalue weighted by Gasteiger charge is -2.27. The van der Waals surface area contributed by atoms with Gasteiger partial charge in [0.1, 0.15) is 0 Å². The Morgan fingerprint density at radius 1 is 1.07 bits per heavy atom. The Balaban J connectivity index is 1.61. The highest BCUT2D eigenvalue weighted by atomic mass is 14.9. The molecule has 0 saturated heterocycles. The monoisotopic (exact) mass is 201 g/mol. The Bertz CT molecular complexity index is 341. The van der Waals surface area contributed by atoms with Crippen molar-refractivity contribution in [1.29, 1.82) is 0 Å². The van der Waals surface area contributed by atoms with E-state index in [9.17, 15) is 0 Å². The van der Waals surface area contributed by atoms with Crippen molar-refractivity contribution < 1.29 is 0 Å². The second-order valence-electron chi connectivity index (χ2n) is 5.06. The Labute approximate surface area is 91.9 Å². The molecule has 2 aliphatic rings. The number of fused-ring (bicyclic) bond motifs is 1. The van der Waals surface area contributed by atoms with Crippen molar-refractivity contribution in [3.8, 4) is 0 Å². The summed E-state index contributed by atoms with van der Waals surface area (Å²) in [4.78, 5) is 0. The van der Waals surface area contributed by atoms with Crippen molar-refractivity contribution in [2.75, 3.05) is 5.32 Å². The van der Waals surface area contributed by atoms with E-state index >= 15 is 0 Å². The molecule has 1 aromatic rings. The topological polar surface area (TPSA) is 12.0 Å². The maximum atomic E-state index is 3.68. The van der Waals surface area contributed by atoms with E-state index in [-0.39, 0.29) is 0 Å². The summed E-state index contributed by atoms with van der Waals surface area (Å²) >= 11 is 0. The number of anilines is 1. The highest BCUT2D eigenvalue weighted by Crippen LogP contribution is 2.35. The number of hydrogen-bond donors (Lipinski definition) is 1. The summed E-state index contributed by atoms with van der Waals surface area (Å²) in [6.07, 6.45) is 8.38. The van der Waals surface area contributed by atoms with Gasteiger partial charge >= 0.3 is 0 Å². The molecule has 1 heterocycles. The molecule has 1 aromatic carbocycles. The van der Waals surface area contributed by atoms with Gasteiger partial charge in [0.25, 0.3) is 0 Å². The summed E-state index contributed by atoms with van der Waals surface area (Å²) in [5.74, 6) is 1.07. The van der Waals surface area contributed by atoms with Crippen molar-refractivity contribution in [2.24, 2.45) is 5.92 Å².